The summed E-state index contributed by atoms with van der Waals surface area (Å²) >= 11 is 6.22. The number of amides is 1. The van der Waals surface area contributed by atoms with Gasteiger partial charge in [0, 0.05) is 16.8 Å². The highest BCUT2D eigenvalue weighted by molar-refractivity contribution is 6.30. The molecule has 0 aliphatic rings. The lowest BCUT2D eigenvalue weighted by atomic mass is 9.97. The first kappa shape index (κ1) is 24.3. The molecular weight excluding hydrogens is 462 g/mol. The van der Waals surface area contributed by atoms with E-state index in [4.69, 9.17) is 16.3 Å². The van der Waals surface area contributed by atoms with Gasteiger partial charge < -0.3 is 14.8 Å². The average molecular weight is 488 g/mol. The number of carbonyl (C=O) groups is 2. The predicted molar refractivity (Wildman–Crippen MR) is 138 cm³/mol. The van der Waals surface area contributed by atoms with Gasteiger partial charge in [-0.2, -0.15) is 0 Å². The SMILES string of the molecule is COC(=O)COc1cccc2c(CCC(=O)NC(c3ccccc3)c3cccc(Cl)c3)cccc12. The molecule has 0 heterocycles. The normalized spacial score (nSPS) is 11.6. The first-order chi connectivity index (χ1) is 17.0. The van der Waals surface area contributed by atoms with Crippen molar-refractivity contribution in [3.05, 3.63) is 113 Å². The summed E-state index contributed by atoms with van der Waals surface area (Å²) in [5, 5.41) is 5.66. The van der Waals surface area contributed by atoms with E-state index in [0.29, 0.717) is 23.6 Å². The molecule has 0 saturated heterocycles. The molecule has 1 unspecified atom stereocenters. The summed E-state index contributed by atoms with van der Waals surface area (Å²) in [4.78, 5) is 24.5. The van der Waals surface area contributed by atoms with Crippen LogP contribution in [0.25, 0.3) is 10.8 Å². The van der Waals surface area contributed by atoms with E-state index in [1.807, 2.05) is 91.0 Å². The van der Waals surface area contributed by atoms with Gasteiger partial charge in [0.05, 0.1) is 13.2 Å². The number of nitrogens with one attached hydrogen (secondary N) is 1. The second-order valence-corrected chi connectivity index (χ2v) is 8.54. The van der Waals surface area contributed by atoms with Gasteiger partial charge >= 0.3 is 5.97 Å². The Labute approximate surface area is 209 Å². The van der Waals surface area contributed by atoms with Crippen molar-refractivity contribution in [2.24, 2.45) is 0 Å². The molecule has 0 fully saturated rings. The summed E-state index contributed by atoms with van der Waals surface area (Å²) in [7, 11) is 1.33. The van der Waals surface area contributed by atoms with Gasteiger partial charge in [-0.15, -0.1) is 0 Å². The van der Waals surface area contributed by atoms with Crippen LogP contribution in [0.5, 0.6) is 5.75 Å². The van der Waals surface area contributed by atoms with Gasteiger partial charge in [-0.05, 0) is 46.7 Å². The van der Waals surface area contributed by atoms with E-state index in [2.05, 4.69) is 10.1 Å². The molecule has 6 heteroatoms. The lowest BCUT2D eigenvalue weighted by Crippen LogP contribution is -2.29. The van der Waals surface area contributed by atoms with E-state index in [1.165, 1.54) is 7.11 Å². The molecule has 1 atom stereocenters. The first-order valence-electron chi connectivity index (χ1n) is 11.3. The van der Waals surface area contributed by atoms with Crippen molar-refractivity contribution in [3.63, 3.8) is 0 Å². The molecule has 0 radical (unpaired) electrons. The number of aryl methyl sites for hydroxylation is 1. The largest absolute Gasteiger partial charge is 0.481 e. The van der Waals surface area contributed by atoms with E-state index in [9.17, 15) is 9.59 Å². The maximum Gasteiger partial charge on any atom is 0.343 e. The number of fused-ring (bicyclic) bond motifs is 1. The van der Waals surface area contributed by atoms with Gasteiger partial charge in [-0.25, -0.2) is 4.79 Å². The van der Waals surface area contributed by atoms with E-state index in [0.717, 1.165) is 27.5 Å². The van der Waals surface area contributed by atoms with Crippen molar-refractivity contribution in [2.45, 2.75) is 18.9 Å². The maximum absolute atomic E-state index is 13.1. The van der Waals surface area contributed by atoms with Gasteiger partial charge in [-0.1, -0.05) is 84.4 Å². The quantitative estimate of drug-likeness (QED) is 0.299. The van der Waals surface area contributed by atoms with Gasteiger partial charge in [0.25, 0.3) is 0 Å². The van der Waals surface area contributed by atoms with Crippen LogP contribution in [-0.4, -0.2) is 25.6 Å². The number of ether oxygens (including phenoxy) is 2. The van der Waals surface area contributed by atoms with Crippen molar-refractivity contribution in [3.8, 4) is 5.75 Å². The number of methoxy groups -OCH3 is 1. The zero-order chi connectivity index (χ0) is 24.6. The standard InChI is InChI=1S/C29H26ClNO4/c1-34-28(33)19-35-26-15-7-13-24-20(10-6-14-25(24)26)16-17-27(32)31-29(21-8-3-2-4-9-21)22-11-5-12-23(30)18-22/h2-15,18,29H,16-17,19H2,1H3,(H,31,32). The Kier molecular flexibility index (Phi) is 8.01. The topological polar surface area (TPSA) is 64.6 Å². The Bertz CT molecular complexity index is 1320. The Morgan fingerprint density at radius 2 is 1.57 bits per heavy atom. The molecule has 0 aliphatic heterocycles. The van der Waals surface area contributed by atoms with Crippen LogP contribution in [0.3, 0.4) is 0 Å². The summed E-state index contributed by atoms with van der Waals surface area (Å²) in [6, 6.07) is 28.6. The molecule has 178 valence electrons. The predicted octanol–water partition coefficient (Wildman–Crippen LogP) is 5.88. The van der Waals surface area contributed by atoms with Crippen molar-refractivity contribution in [2.75, 3.05) is 13.7 Å². The Morgan fingerprint density at radius 3 is 2.34 bits per heavy atom. The highest BCUT2D eigenvalue weighted by Crippen LogP contribution is 2.29. The summed E-state index contributed by atoms with van der Waals surface area (Å²) in [6.45, 7) is -0.160. The zero-order valence-corrected chi connectivity index (χ0v) is 20.1. The van der Waals surface area contributed by atoms with Crippen LogP contribution in [0.15, 0.2) is 91.0 Å². The molecule has 1 amide bonds. The molecule has 5 nitrogen and oxygen atoms in total. The van der Waals surface area contributed by atoms with Crippen LogP contribution in [0.2, 0.25) is 5.02 Å². The van der Waals surface area contributed by atoms with Crippen LogP contribution >= 0.6 is 11.6 Å². The van der Waals surface area contributed by atoms with Crippen LogP contribution in [0.4, 0.5) is 0 Å². The molecule has 0 saturated carbocycles. The van der Waals surface area contributed by atoms with Gasteiger partial charge in [0.15, 0.2) is 6.61 Å². The van der Waals surface area contributed by atoms with E-state index < -0.39 is 5.97 Å². The smallest absolute Gasteiger partial charge is 0.343 e. The second-order valence-electron chi connectivity index (χ2n) is 8.10. The van der Waals surface area contributed by atoms with Crippen molar-refractivity contribution in [1.82, 2.24) is 5.32 Å². The summed E-state index contributed by atoms with van der Waals surface area (Å²) in [5.41, 5.74) is 2.94. The average Bonchev–Trinajstić information content (AvgIpc) is 2.89. The Morgan fingerprint density at radius 1 is 0.857 bits per heavy atom. The minimum atomic E-state index is -0.442. The minimum Gasteiger partial charge on any atom is -0.481 e. The van der Waals surface area contributed by atoms with Crippen LogP contribution in [-0.2, 0) is 20.7 Å². The Hall–Kier alpha value is -3.83. The molecular formula is C29H26ClNO4. The first-order valence-corrected chi connectivity index (χ1v) is 11.7. The fourth-order valence-electron chi connectivity index (χ4n) is 4.06. The van der Waals surface area contributed by atoms with Crippen molar-refractivity contribution in [1.29, 1.82) is 0 Å². The fourth-order valence-corrected chi connectivity index (χ4v) is 4.26. The number of rotatable bonds is 9. The van der Waals surface area contributed by atoms with Crippen LogP contribution in [0, 0.1) is 0 Å². The van der Waals surface area contributed by atoms with Gasteiger partial charge in [0.1, 0.15) is 5.75 Å². The molecule has 0 bridgehead atoms. The van der Waals surface area contributed by atoms with E-state index in [-0.39, 0.29) is 18.6 Å². The highest BCUT2D eigenvalue weighted by atomic mass is 35.5. The van der Waals surface area contributed by atoms with E-state index in [1.54, 1.807) is 0 Å². The number of benzene rings is 4. The van der Waals surface area contributed by atoms with E-state index >= 15 is 0 Å². The third-order valence-corrected chi connectivity index (χ3v) is 6.02. The summed E-state index contributed by atoms with van der Waals surface area (Å²) in [5.74, 6) is 0.0979. The number of carbonyl (C=O) groups excluding carboxylic acids is 2. The Balaban J connectivity index is 1.50. The second kappa shape index (κ2) is 11.5. The summed E-state index contributed by atoms with van der Waals surface area (Å²) < 4.78 is 10.3. The number of esters is 1. The molecule has 0 aromatic heterocycles. The molecule has 0 aliphatic carbocycles. The molecule has 4 aromatic carbocycles. The van der Waals surface area contributed by atoms with Crippen LogP contribution < -0.4 is 10.1 Å². The zero-order valence-electron chi connectivity index (χ0n) is 19.4. The highest BCUT2D eigenvalue weighted by Gasteiger charge is 2.17. The molecule has 0 spiro atoms. The van der Waals surface area contributed by atoms with Crippen LogP contribution in [0.1, 0.15) is 29.2 Å². The lowest BCUT2D eigenvalue weighted by molar-refractivity contribution is -0.142. The number of hydrogen-bond donors (Lipinski definition) is 1. The fraction of sp³-hybridized carbons (Fsp3) is 0.172. The van der Waals surface area contributed by atoms with Gasteiger partial charge in [-0.3, -0.25) is 4.79 Å². The minimum absolute atomic E-state index is 0.0612. The lowest BCUT2D eigenvalue weighted by Gasteiger charge is -2.20. The maximum atomic E-state index is 13.1. The third-order valence-electron chi connectivity index (χ3n) is 5.79. The van der Waals surface area contributed by atoms with Crippen molar-refractivity contribution >= 4 is 34.2 Å². The number of hydrogen-bond acceptors (Lipinski definition) is 4. The molecule has 1 N–H and O–H groups in total. The summed E-state index contributed by atoms with van der Waals surface area (Å²) in [6.07, 6.45) is 0.872. The molecule has 35 heavy (non-hydrogen) atoms. The van der Waals surface area contributed by atoms with Crippen molar-refractivity contribution < 1.29 is 19.1 Å². The molecule has 4 aromatic rings. The van der Waals surface area contributed by atoms with Gasteiger partial charge in [0.2, 0.25) is 5.91 Å². The number of halogens is 1. The monoisotopic (exact) mass is 487 g/mol. The third kappa shape index (κ3) is 6.19. The molecule has 4 rings (SSSR count).